The van der Waals surface area contributed by atoms with Gasteiger partial charge in [-0.15, -0.1) is 5.10 Å². The highest BCUT2D eigenvalue weighted by Crippen LogP contribution is 2.36. The first-order chi connectivity index (χ1) is 13.6. The summed E-state index contributed by atoms with van der Waals surface area (Å²) in [4.78, 5) is 22.8. The lowest BCUT2D eigenvalue weighted by Gasteiger charge is -2.06. The fraction of sp³-hybridized carbons (Fsp3) is 0.158. The summed E-state index contributed by atoms with van der Waals surface area (Å²) < 4.78 is 1.80. The van der Waals surface area contributed by atoms with Crippen molar-refractivity contribution in [3.63, 3.8) is 0 Å². The van der Waals surface area contributed by atoms with Crippen LogP contribution in [0.4, 0.5) is 11.4 Å². The van der Waals surface area contributed by atoms with Crippen molar-refractivity contribution in [1.29, 1.82) is 0 Å². The first-order valence-electron chi connectivity index (χ1n) is 8.72. The summed E-state index contributed by atoms with van der Waals surface area (Å²) in [5, 5.41) is 25.7. The highest BCUT2D eigenvalue weighted by Gasteiger charge is 2.28. The summed E-state index contributed by atoms with van der Waals surface area (Å²) in [6.45, 7) is 0. The van der Waals surface area contributed by atoms with Gasteiger partial charge >= 0.3 is 0 Å². The third-order valence-electron chi connectivity index (χ3n) is 4.32. The normalized spacial score (nSPS) is 13.6. The first-order valence-corrected chi connectivity index (χ1v) is 8.72. The van der Waals surface area contributed by atoms with Crippen molar-refractivity contribution in [2.45, 2.75) is 18.9 Å². The van der Waals surface area contributed by atoms with E-state index in [9.17, 15) is 14.9 Å². The van der Waals surface area contributed by atoms with Crippen LogP contribution >= 0.6 is 0 Å². The zero-order chi connectivity index (χ0) is 19.5. The molecule has 9 heteroatoms. The van der Waals surface area contributed by atoms with E-state index in [0.29, 0.717) is 23.1 Å². The maximum atomic E-state index is 12.2. The van der Waals surface area contributed by atoms with Crippen LogP contribution in [-0.2, 0) is 4.79 Å². The fourth-order valence-electron chi connectivity index (χ4n) is 2.83. The van der Waals surface area contributed by atoms with Gasteiger partial charge in [0.15, 0.2) is 5.82 Å². The molecule has 1 N–H and O–H groups in total. The highest BCUT2D eigenvalue weighted by molar-refractivity contribution is 6.02. The predicted octanol–water partition coefficient (Wildman–Crippen LogP) is 3.24. The van der Waals surface area contributed by atoms with E-state index in [2.05, 4.69) is 20.8 Å². The van der Waals surface area contributed by atoms with Gasteiger partial charge in [-0.1, -0.05) is 24.3 Å². The quantitative estimate of drug-likeness (QED) is 0.401. The monoisotopic (exact) mass is 376 g/mol. The summed E-state index contributed by atoms with van der Waals surface area (Å²) in [6, 6.07) is 13.8. The number of carbonyl (C=O) groups excluding carboxylic acids is 1. The molecule has 2 aromatic carbocycles. The molecule has 28 heavy (non-hydrogen) atoms. The number of amides is 1. The Labute approximate surface area is 159 Å². The number of tetrazole rings is 1. The average molecular weight is 376 g/mol. The predicted molar refractivity (Wildman–Crippen MR) is 102 cm³/mol. The minimum absolute atomic E-state index is 0.0551. The molecule has 0 atom stereocenters. The smallest absolute Gasteiger partial charge is 0.276 e. The van der Waals surface area contributed by atoms with E-state index in [1.54, 1.807) is 35.0 Å². The van der Waals surface area contributed by atoms with Crippen molar-refractivity contribution in [2.24, 2.45) is 0 Å². The first kappa shape index (κ1) is 17.5. The van der Waals surface area contributed by atoms with Crippen LogP contribution in [0.1, 0.15) is 24.4 Å². The molecule has 1 amide bonds. The van der Waals surface area contributed by atoms with Crippen molar-refractivity contribution < 1.29 is 9.72 Å². The molecular formula is C19H16N6O3. The molecule has 1 aliphatic rings. The van der Waals surface area contributed by atoms with Gasteiger partial charge in [-0.05, 0) is 47.5 Å². The van der Waals surface area contributed by atoms with Gasteiger partial charge in [-0.3, -0.25) is 14.9 Å². The number of nitrogens with zero attached hydrogens (tertiary/aromatic N) is 5. The molecular weight excluding hydrogens is 360 g/mol. The number of nitro groups is 1. The number of anilines is 1. The maximum Gasteiger partial charge on any atom is 0.276 e. The zero-order valence-electron chi connectivity index (χ0n) is 14.7. The summed E-state index contributed by atoms with van der Waals surface area (Å²) in [7, 11) is 0. The Kier molecular flexibility index (Phi) is 4.63. The van der Waals surface area contributed by atoms with E-state index in [-0.39, 0.29) is 5.69 Å². The molecule has 0 spiro atoms. The summed E-state index contributed by atoms with van der Waals surface area (Å²) in [5.41, 5.74) is 1.69. The minimum Gasteiger partial charge on any atom is -0.322 e. The number of aromatic nitrogens is 4. The molecule has 1 aliphatic carbocycles. The van der Waals surface area contributed by atoms with Gasteiger partial charge in [-0.25, -0.2) is 4.68 Å². The molecule has 0 saturated heterocycles. The van der Waals surface area contributed by atoms with Gasteiger partial charge in [0.25, 0.3) is 5.69 Å². The van der Waals surface area contributed by atoms with Gasteiger partial charge in [0.1, 0.15) is 0 Å². The number of hydrogen-bond donors (Lipinski definition) is 1. The Morgan fingerprint density at radius 1 is 1.21 bits per heavy atom. The van der Waals surface area contributed by atoms with Gasteiger partial charge in [0.05, 0.1) is 16.5 Å². The molecule has 0 radical (unpaired) electrons. The topological polar surface area (TPSA) is 116 Å². The van der Waals surface area contributed by atoms with Gasteiger partial charge in [0.2, 0.25) is 5.91 Å². The second kappa shape index (κ2) is 7.39. The van der Waals surface area contributed by atoms with Gasteiger partial charge < -0.3 is 5.32 Å². The van der Waals surface area contributed by atoms with Crippen LogP contribution in [0.5, 0.6) is 0 Å². The van der Waals surface area contributed by atoms with E-state index >= 15 is 0 Å². The lowest BCUT2D eigenvalue weighted by molar-refractivity contribution is -0.385. The Bertz CT molecular complexity index is 1070. The van der Waals surface area contributed by atoms with E-state index in [4.69, 9.17) is 0 Å². The van der Waals surface area contributed by atoms with Crippen LogP contribution in [0.15, 0.2) is 54.6 Å². The SMILES string of the molecule is O=C(/C=C/c1ccccc1[N+](=O)[O-])Nc1cccc(-c2nnnn2C2CC2)c1. The lowest BCUT2D eigenvalue weighted by Crippen LogP contribution is -2.08. The van der Waals surface area contributed by atoms with Gasteiger partial charge in [-0.2, -0.15) is 0 Å². The van der Waals surface area contributed by atoms with Crippen LogP contribution in [0, 0.1) is 10.1 Å². The second-order valence-electron chi connectivity index (χ2n) is 6.40. The summed E-state index contributed by atoms with van der Waals surface area (Å²) in [5.74, 6) is 0.270. The second-order valence-corrected chi connectivity index (χ2v) is 6.40. The number of benzene rings is 2. The number of nitro benzene ring substituents is 1. The summed E-state index contributed by atoms with van der Waals surface area (Å²) in [6.07, 6.45) is 4.81. The molecule has 9 nitrogen and oxygen atoms in total. The molecule has 4 rings (SSSR count). The van der Waals surface area contributed by atoms with Crippen LogP contribution in [-0.4, -0.2) is 31.0 Å². The van der Waals surface area contributed by atoms with E-state index in [1.165, 1.54) is 18.2 Å². The van der Waals surface area contributed by atoms with Crippen LogP contribution in [0.2, 0.25) is 0 Å². The molecule has 0 unspecified atom stereocenters. The highest BCUT2D eigenvalue weighted by atomic mass is 16.6. The van der Waals surface area contributed by atoms with Crippen LogP contribution in [0.25, 0.3) is 17.5 Å². The van der Waals surface area contributed by atoms with Gasteiger partial charge in [0, 0.05) is 23.4 Å². The van der Waals surface area contributed by atoms with Crippen LogP contribution in [0.3, 0.4) is 0 Å². The molecule has 0 bridgehead atoms. The molecule has 140 valence electrons. The number of nitrogens with one attached hydrogen (secondary N) is 1. The van der Waals surface area contributed by atoms with Crippen molar-refractivity contribution in [3.8, 4) is 11.4 Å². The molecule has 3 aromatic rings. The van der Waals surface area contributed by atoms with Crippen molar-refractivity contribution in [1.82, 2.24) is 20.2 Å². The average Bonchev–Trinajstić information content (AvgIpc) is 3.43. The number of carbonyl (C=O) groups is 1. The Morgan fingerprint density at radius 2 is 2.04 bits per heavy atom. The zero-order valence-corrected chi connectivity index (χ0v) is 14.7. The third-order valence-corrected chi connectivity index (χ3v) is 4.32. The lowest BCUT2D eigenvalue weighted by atomic mass is 10.1. The summed E-state index contributed by atoms with van der Waals surface area (Å²) >= 11 is 0. The number of hydrogen-bond acceptors (Lipinski definition) is 6. The third kappa shape index (κ3) is 3.78. The van der Waals surface area contributed by atoms with Crippen LogP contribution < -0.4 is 5.32 Å². The fourth-order valence-corrected chi connectivity index (χ4v) is 2.83. The van der Waals surface area contributed by atoms with Crippen molar-refractivity contribution >= 4 is 23.4 Å². The molecule has 1 aromatic heterocycles. The molecule has 0 aliphatic heterocycles. The molecule has 1 saturated carbocycles. The molecule has 1 fully saturated rings. The van der Waals surface area contributed by atoms with E-state index in [0.717, 1.165) is 18.4 Å². The maximum absolute atomic E-state index is 12.2. The largest absolute Gasteiger partial charge is 0.322 e. The standard InChI is InChI=1S/C19H16N6O3/c26-18(11-8-13-4-1-2-7-17(13)25(27)28)20-15-6-3-5-14(12-15)19-21-22-23-24(19)16-9-10-16/h1-8,11-12,16H,9-10H2,(H,20,26)/b11-8+. The minimum atomic E-state index is -0.481. The van der Waals surface area contributed by atoms with E-state index in [1.807, 2.05) is 12.1 Å². The Morgan fingerprint density at radius 3 is 2.82 bits per heavy atom. The molecule has 1 heterocycles. The van der Waals surface area contributed by atoms with Crippen molar-refractivity contribution in [2.75, 3.05) is 5.32 Å². The number of rotatable bonds is 6. The Hall–Kier alpha value is -3.88. The number of para-hydroxylation sites is 1. The van der Waals surface area contributed by atoms with E-state index < -0.39 is 10.8 Å². The Balaban J connectivity index is 1.50. The van der Waals surface area contributed by atoms with Crippen molar-refractivity contribution in [3.05, 3.63) is 70.3 Å².